The van der Waals surface area contributed by atoms with Crippen LogP contribution in [-0.2, 0) is 4.79 Å². The average Bonchev–Trinajstić information content (AvgIpc) is 2.99. The van der Waals surface area contributed by atoms with Gasteiger partial charge < -0.3 is 14.1 Å². The number of hydrogen-bond acceptors (Lipinski definition) is 6. The number of pyridine rings is 1. The standard InChI is InChI=1S/C17H15N3O3S/c21-16(11-24-17-19-13-5-1-2-6-14(13)23-17)20-9-12(10-20)22-15-7-3-4-8-18-15/h1-8,12H,9-11H2. The first-order valence-electron chi connectivity index (χ1n) is 7.62. The lowest BCUT2D eigenvalue weighted by atomic mass is 10.2. The normalized spacial score (nSPS) is 14.6. The molecule has 1 amide bonds. The quantitative estimate of drug-likeness (QED) is 0.665. The van der Waals surface area contributed by atoms with Gasteiger partial charge in [-0.3, -0.25) is 4.79 Å². The van der Waals surface area contributed by atoms with E-state index < -0.39 is 0 Å². The second-order valence-corrected chi connectivity index (χ2v) is 6.37. The Hall–Kier alpha value is -2.54. The molecule has 4 rings (SSSR count). The van der Waals surface area contributed by atoms with Crippen molar-refractivity contribution in [2.24, 2.45) is 0 Å². The van der Waals surface area contributed by atoms with Crippen molar-refractivity contribution in [2.45, 2.75) is 11.3 Å². The average molecular weight is 341 g/mol. The van der Waals surface area contributed by atoms with Gasteiger partial charge in [-0.05, 0) is 18.2 Å². The minimum atomic E-state index is 0.0122. The molecule has 0 atom stereocenters. The van der Waals surface area contributed by atoms with Crippen LogP contribution < -0.4 is 4.74 Å². The van der Waals surface area contributed by atoms with Gasteiger partial charge in [0.2, 0.25) is 11.8 Å². The second-order valence-electron chi connectivity index (χ2n) is 5.44. The van der Waals surface area contributed by atoms with Crippen LogP contribution in [0.2, 0.25) is 0 Å². The molecule has 122 valence electrons. The summed E-state index contributed by atoms with van der Waals surface area (Å²) in [6.07, 6.45) is 1.70. The number of amides is 1. The number of carbonyl (C=O) groups is 1. The lowest BCUT2D eigenvalue weighted by Gasteiger charge is -2.38. The molecule has 1 fully saturated rings. The SMILES string of the molecule is O=C(CSc1nc2ccccc2o1)N1CC(Oc2ccccn2)C1. The van der Waals surface area contributed by atoms with Crippen molar-refractivity contribution in [1.82, 2.24) is 14.9 Å². The number of aromatic nitrogens is 2. The van der Waals surface area contributed by atoms with Crippen LogP contribution in [0.3, 0.4) is 0 Å². The predicted molar refractivity (Wildman–Crippen MR) is 90.0 cm³/mol. The van der Waals surface area contributed by atoms with Gasteiger partial charge in [0.15, 0.2) is 5.58 Å². The number of benzene rings is 1. The summed E-state index contributed by atoms with van der Waals surface area (Å²) in [5, 5.41) is 0.520. The minimum absolute atomic E-state index is 0.0122. The third-order valence-corrected chi connectivity index (χ3v) is 4.53. The van der Waals surface area contributed by atoms with Crippen LogP contribution in [0.5, 0.6) is 5.88 Å². The molecule has 3 aromatic rings. The van der Waals surface area contributed by atoms with Crippen molar-refractivity contribution in [3.8, 4) is 5.88 Å². The van der Waals surface area contributed by atoms with E-state index in [4.69, 9.17) is 9.15 Å². The van der Waals surface area contributed by atoms with E-state index in [1.807, 2.05) is 42.5 Å². The first-order chi connectivity index (χ1) is 11.8. The van der Waals surface area contributed by atoms with Crippen LogP contribution in [0.1, 0.15) is 0 Å². The maximum absolute atomic E-state index is 12.2. The highest BCUT2D eigenvalue weighted by atomic mass is 32.2. The summed E-state index contributed by atoms with van der Waals surface area (Å²) in [4.78, 5) is 22.4. The molecule has 1 aliphatic rings. The number of carbonyl (C=O) groups excluding carboxylic acids is 1. The van der Waals surface area contributed by atoms with Crippen LogP contribution in [0.4, 0.5) is 0 Å². The summed E-state index contributed by atoms with van der Waals surface area (Å²) >= 11 is 1.31. The molecule has 1 aromatic carbocycles. The zero-order valence-electron chi connectivity index (χ0n) is 12.8. The Balaban J connectivity index is 1.25. The number of ether oxygens (including phenoxy) is 1. The molecule has 1 aliphatic heterocycles. The van der Waals surface area contributed by atoms with Crippen molar-refractivity contribution >= 4 is 28.8 Å². The molecule has 0 radical (unpaired) electrons. The Bertz CT molecular complexity index is 813. The molecule has 3 heterocycles. The number of para-hydroxylation sites is 2. The third-order valence-electron chi connectivity index (χ3n) is 3.72. The molecule has 0 N–H and O–H groups in total. The predicted octanol–water partition coefficient (Wildman–Crippen LogP) is 2.60. The summed E-state index contributed by atoms with van der Waals surface area (Å²) in [6.45, 7) is 1.17. The molecular weight excluding hydrogens is 326 g/mol. The fourth-order valence-electron chi connectivity index (χ4n) is 2.43. The molecule has 0 aliphatic carbocycles. The lowest BCUT2D eigenvalue weighted by molar-refractivity contribution is -0.137. The zero-order valence-corrected chi connectivity index (χ0v) is 13.6. The van der Waals surface area contributed by atoms with E-state index >= 15 is 0 Å². The Morgan fingerprint density at radius 2 is 2.08 bits per heavy atom. The Morgan fingerprint density at radius 3 is 2.88 bits per heavy atom. The Labute approximate surface area is 142 Å². The van der Waals surface area contributed by atoms with Crippen molar-refractivity contribution in [2.75, 3.05) is 18.8 Å². The van der Waals surface area contributed by atoms with Crippen molar-refractivity contribution in [3.05, 3.63) is 48.7 Å². The van der Waals surface area contributed by atoms with E-state index in [0.29, 0.717) is 29.9 Å². The van der Waals surface area contributed by atoms with E-state index in [-0.39, 0.29) is 12.0 Å². The Kier molecular flexibility index (Phi) is 4.08. The molecule has 2 aromatic heterocycles. The van der Waals surface area contributed by atoms with E-state index in [2.05, 4.69) is 9.97 Å². The van der Waals surface area contributed by atoms with Crippen LogP contribution >= 0.6 is 11.8 Å². The third kappa shape index (κ3) is 3.21. The van der Waals surface area contributed by atoms with Gasteiger partial charge in [0.1, 0.15) is 11.6 Å². The number of rotatable bonds is 5. The molecule has 0 unspecified atom stereocenters. The molecule has 7 heteroatoms. The van der Waals surface area contributed by atoms with Crippen molar-refractivity contribution < 1.29 is 13.9 Å². The number of hydrogen-bond donors (Lipinski definition) is 0. The van der Waals surface area contributed by atoms with E-state index in [9.17, 15) is 4.79 Å². The highest BCUT2D eigenvalue weighted by molar-refractivity contribution is 7.99. The van der Waals surface area contributed by atoms with Gasteiger partial charge in [0.05, 0.1) is 18.8 Å². The summed E-state index contributed by atoms with van der Waals surface area (Å²) in [7, 11) is 0. The van der Waals surface area contributed by atoms with E-state index in [0.717, 1.165) is 11.1 Å². The minimum Gasteiger partial charge on any atom is -0.471 e. The fourth-order valence-corrected chi connectivity index (χ4v) is 3.17. The van der Waals surface area contributed by atoms with Crippen LogP contribution in [0.25, 0.3) is 11.1 Å². The smallest absolute Gasteiger partial charge is 0.257 e. The van der Waals surface area contributed by atoms with Crippen molar-refractivity contribution in [1.29, 1.82) is 0 Å². The van der Waals surface area contributed by atoms with E-state index in [1.54, 1.807) is 11.1 Å². The van der Waals surface area contributed by atoms with Crippen LogP contribution in [0.15, 0.2) is 58.3 Å². The number of thioether (sulfide) groups is 1. The highest BCUT2D eigenvalue weighted by Gasteiger charge is 2.32. The summed E-state index contributed by atoms with van der Waals surface area (Å²) < 4.78 is 11.3. The highest BCUT2D eigenvalue weighted by Crippen LogP contribution is 2.24. The van der Waals surface area contributed by atoms with Gasteiger partial charge in [-0.15, -0.1) is 0 Å². The maximum Gasteiger partial charge on any atom is 0.257 e. The maximum atomic E-state index is 12.2. The van der Waals surface area contributed by atoms with Gasteiger partial charge in [0.25, 0.3) is 5.22 Å². The van der Waals surface area contributed by atoms with Gasteiger partial charge >= 0.3 is 0 Å². The monoisotopic (exact) mass is 341 g/mol. The number of likely N-dealkylation sites (tertiary alicyclic amines) is 1. The fraction of sp³-hybridized carbons (Fsp3) is 0.235. The summed E-state index contributed by atoms with van der Waals surface area (Å²) in [6, 6.07) is 13.1. The first-order valence-corrected chi connectivity index (χ1v) is 8.60. The Morgan fingerprint density at radius 1 is 1.25 bits per heavy atom. The van der Waals surface area contributed by atoms with E-state index in [1.165, 1.54) is 11.8 Å². The topological polar surface area (TPSA) is 68.5 Å². The molecule has 1 saturated heterocycles. The molecule has 0 bridgehead atoms. The van der Waals surface area contributed by atoms with Gasteiger partial charge in [0, 0.05) is 12.3 Å². The molecule has 6 nitrogen and oxygen atoms in total. The summed E-state index contributed by atoms with van der Waals surface area (Å²) in [5.74, 6) is 0.960. The number of fused-ring (bicyclic) bond motifs is 1. The lowest BCUT2D eigenvalue weighted by Crippen LogP contribution is -2.56. The van der Waals surface area contributed by atoms with Crippen LogP contribution in [-0.4, -0.2) is 45.7 Å². The van der Waals surface area contributed by atoms with Crippen molar-refractivity contribution in [3.63, 3.8) is 0 Å². The second kappa shape index (κ2) is 6.52. The van der Waals surface area contributed by atoms with Gasteiger partial charge in [-0.25, -0.2) is 9.97 Å². The molecule has 0 spiro atoms. The first kappa shape index (κ1) is 15.0. The largest absolute Gasteiger partial charge is 0.471 e. The molecular formula is C17H15N3O3S. The number of oxazole rings is 1. The van der Waals surface area contributed by atoms with Crippen LogP contribution in [0, 0.1) is 0 Å². The zero-order chi connectivity index (χ0) is 16.4. The summed E-state index contributed by atoms with van der Waals surface area (Å²) in [5.41, 5.74) is 1.54. The molecule has 0 saturated carbocycles. The number of nitrogens with zero attached hydrogens (tertiary/aromatic N) is 3. The molecule has 24 heavy (non-hydrogen) atoms. The van der Waals surface area contributed by atoms with Gasteiger partial charge in [-0.2, -0.15) is 0 Å². The van der Waals surface area contributed by atoms with Gasteiger partial charge in [-0.1, -0.05) is 30.0 Å².